The zero-order valence-corrected chi connectivity index (χ0v) is 10.5. The third-order valence-corrected chi connectivity index (χ3v) is 3.09. The van der Waals surface area contributed by atoms with E-state index in [0.29, 0.717) is 18.8 Å². The smallest absolute Gasteiger partial charge is 0.289 e. The molecule has 1 atom stereocenters. The average Bonchev–Trinajstić information content (AvgIpc) is 2.46. The Balaban J connectivity index is 2.41. The van der Waals surface area contributed by atoms with Gasteiger partial charge in [0.15, 0.2) is 0 Å². The van der Waals surface area contributed by atoms with Gasteiger partial charge in [0.25, 0.3) is 5.69 Å². The molecular formula is C12H12N4O4. The predicted octanol–water partition coefficient (Wildman–Crippen LogP) is 0.157. The average molecular weight is 276 g/mol. The Morgan fingerprint density at radius 2 is 2.35 bits per heavy atom. The van der Waals surface area contributed by atoms with E-state index in [-0.39, 0.29) is 17.9 Å². The number of hydrogen-bond acceptors (Lipinski definition) is 6. The molecule has 1 amide bonds. The van der Waals surface area contributed by atoms with Gasteiger partial charge in [0.1, 0.15) is 17.7 Å². The number of rotatable bonds is 3. The highest BCUT2D eigenvalue weighted by atomic mass is 16.6. The maximum atomic E-state index is 11.4. The van der Waals surface area contributed by atoms with Crippen LogP contribution in [-0.4, -0.2) is 36.6 Å². The molecule has 0 aromatic heterocycles. The molecule has 20 heavy (non-hydrogen) atoms. The monoisotopic (exact) mass is 276 g/mol. The van der Waals surface area contributed by atoms with Crippen molar-refractivity contribution in [2.75, 3.05) is 24.7 Å². The Labute approximate surface area is 114 Å². The summed E-state index contributed by atoms with van der Waals surface area (Å²) in [6.07, 6.45) is 0. The minimum Gasteiger partial charge on any atom is -0.377 e. The molecule has 1 heterocycles. The van der Waals surface area contributed by atoms with Gasteiger partial charge in [0, 0.05) is 18.3 Å². The molecule has 1 fully saturated rings. The fourth-order valence-corrected chi connectivity index (χ4v) is 2.09. The van der Waals surface area contributed by atoms with Gasteiger partial charge in [-0.2, -0.15) is 5.26 Å². The summed E-state index contributed by atoms with van der Waals surface area (Å²) < 4.78 is 5.19. The van der Waals surface area contributed by atoms with Crippen molar-refractivity contribution in [3.63, 3.8) is 0 Å². The fraction of sp³-hybridized carbons (Fsp3) is 0.333. The van der Waals surface area contributed by atoms with Gasteiger partial charge in [-0.1, -0.05) is 0 Å². The van der Waals surface area contributed by atoms with E-state index in [9.17, 15) is 14.9 Å². The first-order chi connectivity index (χ1) is 9.54. The highest BCUT2D eigenvalue weighted by molar-refractivity contribution is 5.84. The molecule has 0 radical (unpaired) electrons. The number of nitro groups is 1. The summed E-state index contributed by atoms with van der Waals surface area (Å²) in [4.78, 5) is 23.4. The molecule has 1 aliphatic heterocycles. The lowest BCUT2D eigenvalue weighted by Crippen LogP contribution is -2.52. The van der Waals surface area contributed by atoms with Gasteiger partial charge in [0.2, 0.25) is 5.91 Å². The molecule has 2 N–H and O–H groups in total. The van der Waals surface area contributed by atoms with Crippen LogP contribution in [0.3, 0.4) is 0 Å². The number of nitro benzene ring substituents is 1. The van der Waals surface area contributed by atoms with Crippen LogP contribution in [0.5, 0.6) is 0 Å². The summed E-state index contributed by atoms with van der Waals surface area (Å²) in [7, 11) is 0. The lowest BCUT2D eigenvalue weighted by molar-refractivity contribution is -0.385. The SMILES string of the molecule is N#Cc1ccc(N2CCOCC2C(N)=O)cc1[N+](=O)[O-]. The number of carbonyl (C=O) groups is 1. The molecule has 8 heteroatoms. The van der Waals surface area contributed by atoms with Gasteiger partial charge < -0.3 is 15.4 Å². The second kappa shape index (κ2) is 5.54. The number of ether oxygens (including phenoxy) is 1. The van der Waals surface area contributed by atoms with Crippen molar-refractivity contribution in [1.29, 1.82) is 5.26 Å². The highest BCUT2D eigenvalue weighted by Gasteiger charge is 2.29. The highest BCUT2D eigenvalue weighted by Crippen LogP contribution is 2.27. The number of anilines is 1. The van der Waals surface area contributed by atoms with Crippen LogP contribution >= 0.6 is 0 Å². The van der Waals surface area contributed by atoms with E-state index < -0.39 is 16.9 Å². The summed E-state index contributed by atoms with van der Waals surface area (Å²) >= 11 is 0. The third kappa shape index (κ3) is 2.53. The number of amides is 1. The van der Waals surface area contributed by atoms with Crippen molar-refractivity contribution in [3.05, 3.63) is 33.9 Å². The van der Waals surface area contributed by atoms with Crippen molar-refractivity contribution in [2.24, 2.45) is 5.73 Å². The molecule has 1 aliphatic rings. The first-order valence-corrected chi connectivity index (χ1v) is 5.87. The summed E-state index contributed by atoms with van der Waals surface area (Å²) in [5, 5.41) is 19.8. The summed E-state index contributed by atoms with van der Waals surface area (Å²) in [6, 6.07) is 5.30. The van der Waals surface area contributed by atoms with Crippen LogP contribution in [0.15, 0.2) is 18.2 Å². The first kappa shape index (κ1) is 13.8. The maximum absolute atomic E-state index is 11.4. The van der Waals surface area contributed by atoms with Crippen molar-refractivity contribution in [3.8, 4) is 6.07 Å². The number of nitrogens with zero attached hydrogens (tertiary/aromatic N) is 3. The van der Waals surface area contributed by atoms with Crippen LogP contribution in [0.1, 0.15) is 5.56 Å². The Hall–Kier alpha value is -2.66. The van der Waals surface area contributed by atoms with Crippen LogP contribution in [0.2, 0.25) is 0 Å². The largest absolute Gasteiger partial charge is 0.377 e. The van der Waals surface area contributed by atoms with Crippen molar-refractivity contribution in [1.82, 2.24) is 0 Å². The van der Waals surface area contributed by atoms with Crippen molar-refractivity contribution >= 4 is 17.3 Å². The number of nitrogens with two attached hydrogens (primary N) is 1. The van der Waals surface area contributed by atoms with Crippen molar-refractivity contribution < 1.29 is 14.5 Å². The number of carbonyl (C=O) groups excluding carboxylic acids is 1. The van der Waals surface area contributed by atoms with Crippen LogP contribution in [0.25, 0.3) is 0 Å². The van der Waals surface area contributed by atoms with E-state index in [1.54, 1.807) is 17.0 Å². The summed E-state index contributed by atoms with van der Waals surface area (Å²) in [5.41, 5.74) is 5.46. The van der Waals surface area contributed by atoms with Gasteiger partial charge in [-0.15, -0.1) is 0 Å². The Morgan fingerprint density at radius 1 is 1.60 bits per heavy atom. The normalized spacial score (nSPS) is 18.4. The topological polar surface area (TPSA) is 122 Å². The molecule has 0 saturated carbocycles. The quantitative estimate of drug-likeness (QED) is 0.619. The molecule has 0 bridgehead atoms. The van der Waals surface area contributed by atoms with Crippen LogP contribution in [0.4, 0.5) is 11.4 Å². The summed E-state index contributed by atoms with van der Waals surface area (Å²) in [6.45, 7) is 0.942. The molecule has 1 aromatic rings. The van der Waals surface area contributed by atoms with Gasteiger partial charge in [-0.3, -0.25) is 14.9 Å². The summed E-state index contributed by atoms with van der Waals surface area (Å²) in [5.74, 6) is -0.559. The van der Waals surface area contributed by atoms with E-state index in [1.165, 1.54) is 12.1 Å². The van der Waals surface area contributed by atoms with E-state index in [4.69, 9.17) is 15.7 Å². The molecule has 1 aromatic carbocycles. The number of benzene rings is 1. The van der Waals surface area contributed by atoms with Crippen molar-refractivity contribution in [2.45, 2.75) is 6.04 Å². The number of morpholine rings is 1. The molecule has 0 spiro atoms. The number of nitriles is 1. The van der Waals surface area contributed by atoms with E-state index in [1.807, 2.05) is 0 Å². The molecule has 0 aliphatic carbocycles. The zero-order valence-electron chi connectivity index (χ0n) is 10.5. The minimum absolute atomic E-state index is 0.0253. The second-order valence-corrected chi connectivity index (χ2v) is 4.26. The lowest BCUT2D eigenvalue weighted by atomic mass is 10.1. The van der Waals surface area contributed by atoms with Crippen LogP contribution in [0, 0.1) is 21.4 Å². The molecule has 8 nitrogen and oxygen atoms in total. The number of primary amides is 1. The van der Waals surface area contributed by atoms with Gasteiger partial charge >= 0.3 is 0 Å². The molecule has 104 valence electrons. The Kier molecular flexibility index (Phi) is 3.81. The fourth-order valence-electron chi connectivity index (χ4n) is 2.09. The van der Waals surface area contributed by atoms with Gasteiger partial charge in [-0.25, -0.2) is 0 Å². The van der Waals surface area contributed by atoms with Gasteiger partial charge in [-0.05, 0) is 12.1 Å². The first-order valence-electron chi connectivity index (χ1n) is 5.87. The van der Waals surface area contributed by atoms with E-state index in [2.05, 4.69) is 0 Å². The van der Waals surface area contributed by atoms with Crippen LogP contribution < -0.4 is 10.6 Å². The van der Waals surface area contributed by atoms with E-state index in [0.717, 1.165) is 0 Å². The Morgan fingerprint density at radius 3 is 2.95 bits per heavy atom. The zero-order chi connectivity index (χ0) is 14.7. The number of hydrogen-bond donors (Lipinski definition) is 1. The molecule has 1 saturated heterocycles. The minimum atomic E-state index is -0.670. The third-order valence-electron chi connectivity index (χ3n) is 3.09. The molecular weight excluding hydrogens is 264 g/mol. The van der Waals surface area contributed by atoms with Gasteiger partial charge in [0.05, 0.1) is 18.1 Å². The predicted molar refractivity (Wildman–Crippen MR) is 69.0 cm³/mol. The Bertz CT molecular complexity index is 596. The molecule has 2 rings (SSSR count). The lowest BCUT2D eigenvalue weighted by Gasteiger charge is -2.35. The second-order valence-electron chi connectivity index (χ2n) is 4.26. The molecule has 1 unspecified atom stereocenters. The van der Waals surface area contributed by atoms with Crippen LogP contribution in [-0.2, 0) is 9.53 Å². The standard InChI is InChI=1S/C12H12N4O4/c13-6-8-1-2-9(5-10(8)16(18)19)15-3-4-20-7-11(15)12(14)17/h1-2,5,11H,3-4,7H2,(H2,14,17). The van der Waals surface area contributed by atoms with E-state index >= 15 is 0 Å². The maximum Gasteiger partial charge on any atom is 0.289 e.